The van der Waals surface area contributed by atoms with E-state index in [1.54, 1.807) is 18.0 Å². The van der Waals surface area contributed by atoms with Gasteiger partial charge in [-0.05, 0) is 22.8 Å². The Hall–Kier alpha value is -2.66. The van der Waals surface area contributed by atoms with Crippen LogP contribution in [-0.2, 0) is 22.8 Å². The Morgan fingerprint density at radius 3 is 2.62 bits per heavy atom. The minimum absolute atomic E-state index is 0.0421. The molecule has 0 bridgehead atoms. The quantitative estimate of drug-likeness (QED) is 0.810. The van der Waals surface area contributed by atoms with E-state index < -0.39 is 5.92 Å². The lowest BCUT2D eigenvalue weighted by Crippen LogP contribution is -2.45. The van der Waals surface area contributed by atoms with Crippen LogP contribution < -0.4 is 0 Å². The normalized spacial score (nSPS) is 19.7. The zero-order valence-electron chi connectivity index (χ0n) is 13.4. The van der Waals surface area contributed by atoms with Crippen LogP contribution in [0.3, 0.4) is 0 Å². The standard InChI is InChI=1S/C19H18N2O3/c1-20-11-17(15-8-4-5-9-16(15)18(20)22)19(23)21-10-13-6-2-3-7-14(13)12-24-21/h2-9,17H,10-12H2,1H3. The molecule has 1 unspecified atom stereocenters. The number of hydroxylamine groups is 2. The van der Waals surface area contributed by atoms with Crippen molar-refractivity contribution in [3.63, 3.8) is 0 Å². The van der Waals surface area contributed by atoms with Gasteiger partial charge >= 0.3 is 0 Å². The molecule has 0 aromatic heterocycles. The zero-order valence-corrected chi connectivity index (χ0v) is 13.4. The number of likely N-dealkylation sites (N-methyl/N-ethyl adjacent to an activating group) is 1. The molecule has 2 aromatic carbocycles. The van der Waals surface area contributed by atoms with Gasteiger partial charge in [-0.25, -0.2) is 5.06 Å². The third kappa shape index (κ3) is 2.37. The lowest BCUT2D eigenvalue weighted by molar-refractivity contribution is -0.202. The smallest absolute Gasteiger partial charge is 0.255 e. The molecule has 2 aliphatic rings. The van der Waals surface area contributed by atoms with Gasteiger partial charge in [0.05, 0.1) is 12.5 Å². The van der Waals surface area contributed by atoms with Crippen molar-refractivity contribution in [3.8, 4) is 0 Å². The second-order valence-corrected chi connectivity index (χ2v) is 6.24. The summed E-state index contributed by atoms with van der Waals surface area (Å²) in [5.41, 5.74) is 3.60. The number of carbonyl (C=O) groups excluding carboxylic acids is 2. The maximum Gasteiger partial charge on any atom is 0.255 e. The summed E-state index contributed by atoms with van der Waals surface area (Å²) < 4.78 is 0. The first-order valence-electron chi connectivity index (χ1n) is 8.00. The molecule has 0 saturated carbocycles. The van der Waals surface area contributed by atoms with E-state index >= 15 is 0 Å². The second kappa shape index (κ2) is 5.76. The number of benzene rings is 2. The highest BCUT2D eigenvalue weighted by atomic mass is 16.7. The second-order valence-electron chi connectivity index (χ2n) is 6.24. The number of hydrogen-bond donors (Lipinski definition) is 0. The van der Waals surface area contributed by atoms with Crippen molar-refractivity contribution < 1.29 is 14.4 Å². The molecule has 2 aliphatic heterocycles. The Kier molecular flexibility index (Phi) is 3.58. The van der Waals surface area contributed by atoms with Crippen LogP contribution in [0.1, 0.15) is 33.0 Å². The van der Waals surface area contributed by atoms with Gasteiger partial charge in [0.2, 0.25) is 0 Å². The highest BCUT2D eigenvalue weighted by Crippen LogP contribution is 2.31. The molecule has 2 heterocycles. The van der Waals surface area contributed by atoms with Crippen molar-refractivity contribution in [2.75, 3.05) is 13.6 Å². The van der Waals surface area contributed by atoms with Gasteiger partial charge in [-0.3, -0.25) is 14.4 Å². The van der Waals surface area contributed by atoms with Crippen molar-refractivity contribution in [2.45, 2.75) is 19.1 Å². The highest BCUT2D eigenvalue weighted by molar-refractivity contribution is 6.00. The first kappa shape index (κ1) is 14.9. The number of hydrogen-bond acceptors (Lipinski definition) is 3. The predicted octanol–water partition coefficient (Wildman–Crippen LogP) is 2.33. The van der Waals surface area contributed by atoms with Crippen LogP contribution in [0.4, 0.5) is 0 Å². The molecular weight excluding hydrogens is 304 g/mol. The fraction of sp³-hybridized carbons (Fsp3) is 0.263. The average Bonchev–Trinajstić information content (AvgIpc) is 2.64. The molecule has 1 atom stereocenters. The van der Waals surface area contributed by atoms with E-state index in [1.165, 1.54) is 5.06 Å². The van der Waals surface area contributed by atoms with E-state index in [2.05, 4.69) is 0 Å². The third-order valence-electron chi connectivity index (χ3n) is 4.72. The summed E-state index contributed by atoms with van der Waals surface area (Å²) in [6, 6.07) is 15.3. The lowest BCUT2D eigenvalue weighted by atomic mass is 9.88. The number of amides is 2. The number of rotatable bonds is 1. The molecule has 4 rings (SSSR count). The molecule has 0 N–H and O–H groups in total. The Balaban J connectivity index is 1.64. The molecule has 0 fully saturated rings. The lowest BCUT2D eigenvalue weighted by Gasteiger charge is -2.35. The largest absolute Gasteiger partial charge is 0.341 e. The number of nitrogens with zero attached hydrogens (tertiary/aromatic N) is 2. The molecule has 0 saturated heterocycles. The maximum absolute atomic E-state index is 13.0. The minimum Gasteiger partial charge on any atom is -0.341 e. The topological polar surface area (TPSA) is 49.9 Å². The molecule has 0 spiro atoms. The van der Waals surface area contributed by atoms with Gasteiger partial charge in [-0.15, -0.1) is 0 Å². The van der Waals surface area contributed by atoms with Crippen LogP contribution in [0.15, 0.2) is 48.5 Å². The van der Waals surface area contributed by atoms with Crippen LogP contribution in [-0.4, -0.2) is 35.4 Å². The van der Waals surface area contributed by atoms with Gasteiger partial charge in [0.25, 0.3) is 11.8 Å². The van der Waals surface area contributed by atoms with Gasteiger partial charge in [-0.2, -0.15) is 0 Å². The van der Waals surface area contributed by atoms with E-state index in [4.69, 9.17) is 4.84 Å². The summed E-state index contributed by atoms with van der Waals surface area (Å²) in [7, 11) is 1.73. The number of carbonyl (C=O) groups is 2. The van der Waals surface area contributed by atoms with Gasteiger partial charge in [0, 0.05) is 19.2 Å². The zero-order chi connectivity index (χ0) is 16.7. The first-order chi connectivity index (χ1) is 11.6. The van der Waals surface area contributed by atoms with Gasteiger partial charge in [0.15, 0.2) is 0 Å². The monoisotopic (exact) mass is 322 g/mol. The van der Waals surface area contributed by atoms with Crippen molar-refractivity contribution >= 4 is 11.8 Å². The molecule has 2 aromatic rings. The van der Waals surface area contributed by atoms with Gasteiger partial charge in [0.1, 0.15) is 6.61 Å². The van der Waals surface area contributed by atoms with Gasteiger partial charge < -0.3 is 4.90 Å². The van der Waals surface area contributed by atoms with E-state index in [0.29, 0.717) is 25.3 Å². The summed E-state index contributed by atoms with van der Waals surface area (Å²) in [6.45, 7) is 1.20. The van der Waals surface area contributed by atoms with Gasteiger partial charge in [-0.1, -0.05) is 42.5 Å². The van der Waals surface area contributed by atoms with Crippen LogP contribution in [0.2, 0.25) is 0 Å². The predicted molar refractivity (Wildman–Crippen MR) is 87.9 cm³/mol. The van der Waals surface area contributed by atoms with E-state index in [1.807, 2.05) is 42.5 Å². The Bertz CT molecular complexity index is 818. The number of fused-ring (bicyclic) bond motifs is 2. The van der Waals surface area contributed by atoms with Crippen molar-refractivity contribution in [1.29, 1.82) is 0 Å². The molecule has 2 amide bonds. The van der Waals surface area contributed by atoms with Crippen LogP contribution in [0, 0.1) is 0 Å². The van der Waals surface area contributed by atoms with Crippen LogP contribution >= 0.6 is 0 Å². The first-order valence-corrected chi connectivity index (χ1v) is 8.00. The molecule has 24 heavy (non-hydrogen) atoms. The fourth-order valence-electron chi connectivity index (χ4n) is 3.38. The summed E-state index contributed by atoms with van der Waals surface area (Å²) in [6.07, 6.45) is 0. The third-order valence-corrected chi connectivity index (χ3v) is 4.72. The van der Waals surface area contributed by atoms with Crippen LogP contribution in [0.5, 0.6) is 0 Å². The average molecular weight is 322 g/mol. The van der Waals surface area contributed by atoms with E-state index in [0.717, 1.165) is 16.7 Å². The molecular formula is C19H18N2O3. The molecule has 5 heteroatoms. The summed E-state index contributed by atoms with van der Waals surface area (Å²) in [5, 5.41) is 1.44. The Morgan fingerprint density at radius 1 is 1.08 bits per heavy atom. The van der Waals surface area contributed by atoms with Crippen LogP contribution in [0.25, 0.3) is 0 Å². The summed E-state index contributed by atoms with van der Waals surface area (Å²) >= 11 is 0. The summed E-state index contributed by atoms with van der Waals surface area (Å²) in [4.78, 5) is 32.6. The van der Waals surface area contributed by atoms with Crippen molar-refractivity contribution in [3.05, 3.63) is 70.8 Å². The fourth-order valence-corrected chi connectivity index (χ4v) is 3.38. The SMILES string of the molecule is CN1CC(C(=O)N2Cc3ccccc3CO2)c2ccccc2C1=O. The minimum atomic E-state index is -0.394. The molecule has 122 valence electrons. The Morgan fingerprint density at radius 2 is 1.79 bits per heavy atom. The molecule has 0 radical (unpaired) electrons. The molecule has 0 aliphatic carbocycles. The van der Waals surface area contributed by atoms with E-state index in [9.17, 15) is 9.59 Å². The van der Waals surface area contributed by atoms with Crippen molar-refractivity contribution in [1.82, 2.24) is 9.96 Å². The highest BCUT2D eigenvalue weighted by Gasteiger charge is 2.37. The maximum atomic E-state index is 13.0. The van der Waals surface area contributed by atoms with E-state index in [-0.39, 0.29) is 11.8 Å². The Labute approximate surface area is 140 Å². The van der Waals surface area contributed by atoms with Crippen molar-refractivity contribution in [2.24, 2.45) is 0 Å². The summed E-state index contributed by atoms with van der Waals surface area (Å²) in [5.74, 6) is -0.537. The molecule has 5 nitrogen and oxygen atoms in total.